The van der Waals surface area contributed by atoms with Crippen molar-refractivity contribution in [1.29, 1.82) is 0 Å². The van der Waals surface area contributed by atoms with E-state index in [-0.39, 0.29) is 0 Å². The third-order valence-corrected chi connectivity index (χ3v) is 2.57. The summed E-state index contributed by atoms with van der Waals surface area (Å²) in [7, 11) is 1.68. The Hall–Kier alpha value is -0.900. The molecule has 1 N–H and O–H groups in total. The smallest absolute Gasteiger partial charge is 0.0718 e. The Morgan fingerprint density at radius 2 is 1.94 bits per heavy atom. The van der Waals surface area contributed by atoms with Crippen LogP contribution in [0.25, 0.3) is 0 Å². The lowest BCUT2D eigenvalue weighted by Crippen LogP contribution is -2.19. The van der Waals surface area contributed by atoms with Crippen molar-refractivity contribution in [3.8, 4) is 0 Å². The highest BCUT2D eigenvalue weighted by Gasteiger charge is 1.98. The molecule has 0 heterocycles. The Labute approximate surface area is 110 Å². The van der Waals surface area contributed by atoms with Gasteiger partial charge in [-0.2, -0.15) is 0 Å². The number of benzene rings is 1. The fourth-order valence-corrected chi connectivity index (χ4v) is 1.67. The SMILES string of the molecule is COCCOCc1cccc(CNCC(C)C)c1. The lowest BCUT2D eigenvalue weighted by molar-refractivity contribution is 0.0616. The number of methoxy groups -OCH3 is 1. The van der Waals surface area contributed by atoms with Crippen LogP contribution in [0.2, 0.25) is 0 Å². The van der Waals surface area contributed by atoms with Crippen molar-refractivity contribution in [3.05, 3.63) is 35.4 Å². The van der Waals surface area contributed by atoms with Crippen molar-refractivity contribution in [1.82, 2.24) is 5.32 Å². The molecule has 0 fully saturated rings. The monoisotopic (exact) mass is 251 g/mol. The number of hydrogen-bond acceptors (Lipinski definition) is 3. The van der Waals surface area contributed by atoms with Crippen LogP contribution in [0.1, 0.15) is 25.0 Å². The highest BCUT2D eigenvalue weighted by Crippen LogP contribution is 2.06. The molecule has 0 bridgehead atoms. The van der Waals surface area contributed by atoms with Gasteiger partial charge in [-0.1, -0.05) is 38.1 Å². The zero-order chi connectivity index (χ0) is 13.2. The summed E-state index contributed by atoms with van der Waals surface area (Å²) in [4.78, 5) is 0. The Kier molecular flexibility index (Phi) is 7.65. The predicted octanol–water partition coefficient (Wildman–Crippen LogP) is 2.60. The van der Waals surface area contributed by atoms with E-state index < -0.39 is 0 Å². The summed E-state index contributed by atoms with van der Waals surface area (Å²) in [6, 6.07) is 8.52. The average Bonchev–Trinajstić information content (AvgIpc) is 2.35. The molecule has 0 saturated heterocycles. The Balaban J connectivity index is 2.32. The molecular weight excluding hydrogens is 226 g/mol. The summed E-state index contributed by atoms with van der Waals surface area (Å²) in [6.07, 6.45) is 0. The van der Waals surface area contributed by atoms with Gasteiger partial charge in [0, 0.05) is 13.7 Å². The molecule has 0 amide bonds. The minimum absolute atomic E-state index is 0.645. The lowest BCUT2D eigenvalue weighted by atomic mass is 10.1. The molecule has 3 heteroatoms. The maximum atomic E-state index is 5.51. The zero-order valence-electron chi connectivity index (χ0n) is 11.7. The second-order valence-corrected chi connectivity index (χ2v) is 4.89. The maximum Gasteiger partial charge on any atom is 0.0718 e. The Bertz CT molecular complexity index is 326. The lowest BCUT2D eigenvalue weighted by Gasteiger charge is -2.09. The fraction of sp³-hybridized carbons (Fsp3) is 0.600. The Morgan fingerprint density at radius 1 is 1.17 bits per heavy atom. The third kappa shape index (κ3) is 6.74. The average molecular weight is 251 g/mol. The van der Waals surface area contributed by atoms with Gasteiger partial charge in [0.1, 0.15) is 0 Å². The maximum absolute atomic E-state index is 5.51. The van der Waals surface area contributed by atoms with Crippen LogP contribution in [0.3, 0.4) is 0 Å². The molecule has 0 saturated carbocycles. The highest BCUT2D eigenvalue weighted by molar-refractivity contribution is 5.22. The van der Waals surface area contributed by atoms with Gasteiger partial charge in [-0.15, -0.1) is 0 Å². The first-order valence-corrected chi connectivity index (χ1v) is 6.57. The zero-order valence-corrected chi connectivity index (χ0v) is 11.7. The van der Waals surface area contributed by atoms with Crippen LogP contribution in [0.4, 0.5) is 0 Å². The van der Waals surface area contributed by atoms with Crippen LogP contribution in [-0.4, -0.2) is 26.9 Å². The Morgan fingerprint density at radius 3 is 2.67 bits per heavy atom. The van der Waals surface area contributed by atoms with Gasteiger partial charge < -0.3 is 14.8 Å². The molecule has 0 aliphatic carbocycles. The predicted molar refractivity (Wildman–Crippen MR) is 74.5 cm³/mol. The van der Waals surface area contributed by atoms with Crippen LogP contribution in [-0.2, 0) is 22.6 Å². The third-order valence-electron chi connectivity index (χ3n) is 2.57. The molecule has 1 rings (SSSR count). The van der Waals surface area contributed by atoms with Crippen molar-refractivity contribution in [2.24, 2.45) is 5.92 Å². The molecule has 0 unspecified atom stereocenters. The normalized spacial score (nSPS) is 11.1. The molecule has 0 atom stereocenters. The van der Waals surface area contributed by atoms with E-state index in [0.29, 0.717) is 25.7 Å². The summed E-state index contributed by atoms with van der Waals surface area (Å²) in [5.41, 5.74) is 2.53. The van der Waals surface area contributed by atoms with E-state index in [1.807, 2.05) is 0 Å². The fourth-order valence-electron chi connectivity index (χ4n) is 1.67. The minimum Gasteiger partial charge on any atom is -0.382 e. The largest absolute Gasteiger partial charge is 0.382 e. The van der Waals surface area contributed by atoms with Crippen LogP contribution in [0.5, 0.6) is 0 Å². The molecule has 0 spiro atoms. The van der Waals surface area contributed by atoms with E-state index in [9.17, 15) is 0 Å². The molecule has 0 aromatic heterocycles. The van der Waals surface area contributed by atoms with Gasteiger partial charge in [0.15, 0.2) is 0 Å². The van der Waals surface area contributed by atoms with E-state index in [2.05, 4.69) is 43.4 Å². The quantitative estimate of drug-likeness (QED) is 0.684. The number of ether oxygens (including phenoxy) is 2. The molecule has 3 nitrogen and oxygen atoms in total. The summed E-state index contributed by atoms with van der Waals surface area (Å²) in [5.74, 6) is 0.686. The molecule has 0 radical (unpaired) electrons. The van der Waals surface area contributed by atoms with Crippen LogP contribution >= 0.6 is 0 Å². The molecule has 0 aliphatic heterocycles. The first-order chi connectivity index (χ1) is 8.72. The molecule has 1 aromatic rings. The summed E-state index contributed by atoms with van der Waals surface area (Å²) in [5, 5.41) is 3.44. The number of nitrogens with one attached hydrogen (secondary N) is 1. The van der Waals surface area contributed by atoms with Crippen LogP contribution in [0, 0.1) is 5.92 Å². The molecule has 0 aliphatic rings. The first kappa shape index (κ1) is 15.2. The van der Waals surface area contributed by atoms with Crippen molar-refractivity contribution in [3.63, 3.8) is 0 Å². The molecule has 102 valence electrons. The second-order valence-electron chi connectivity index (χ2n) is 4.89. The summed E-state index contributed by atoms with van der Waals surface area (Å²) in [6.45, 7) is 8.35. The van der Waals surface area contributed by atoms with Gasteiger partial charge in [-0.25, -0.2) is 0 Å². The molecular formula is C15H25NO2. The topological polar surface area (TPSA) is 30.5 Å². The number of rotatable bonds is 9. The minimum atomic E-state index is 0.645. The van der Waals surface area contributed by atoms with Crippen molar-refractivity contribution >= 4 is 0 Å². The number of hydrogen-bond donors (Lipinski definition) is 1. The van der Waals surface area contributed by atoms with E-state index in [1.54, 1.807) is 7.11 Å². The standard InChI is InChI=1S/C15H25NO2/c1-13(2)10-16-11-14-5-4-6-15(9-14)12-18-8-7-17-3/h4-6,9,13,16H,7-8,10-12H2,1-3H3. The summed E-state index contributed by atoms with van der Waals surface area (Å²) >= 11 is 0. The van der Waals surface area contributed by atoms with Crippen molar-refractivity contribution in [2.45, 2.75) is 27.0 Å². The van der Waals surface area contributed by atoms with Crippen molar-refractivity contribution in [2.75, 3.05) is 26.9 Å². The van der Waals surface area contributed by atoms with E-state index >= 15 is 0 Å². The van der Waals surface area contributed by atoms with Crippen molar-refractivity contribution < 1.29 is 9.47 Å². The van der Waals surface area contributed by atoms with Gasteiger partial charge in [-0.3, -0.25) is 0 Å². The first-order valence-electron chi connectivity index (χ1n) is 6.57. The van der Waals surface area contributed by atoms with E-state index in [4.69, 9.17) is 9.47 Å². The summed E-state index contributed by atoms with van der Waals surface area (Å²) < 4.78 is 10.5. The van der Waals surface area contributed by atoms with Gasteiger partial charge >= 0.3 is 0 Å². The van der Waals surface area contributed by atoms with E-state index in [0.717, 1.165) is 13.1 Å². The van der Waals surface area contributed by atoms with Crippen LogP contribution < -0.4 is 5.32 Å². The van der Waals surface area contributed by atoms with E-state index in [1.165, 1.54) is 11.1 Å². The van der Waals surface area contributed by atoms with Gasteiger partial charge in [-0.05, 0) is 23.6 Å². The van der Waals surface area contributed by atoms with Gasteiger partial charge in [0.2, 0.25) is 0 Å². The second kappa shape index (κ2) is 9.09. The van der Waals surface area contributed by atoms with Crippen LogP contribution in [0.15, 0.2) is 24.3 Å². The molecule has 1 aromatic carbocycles. The molecule has 18 heavy (non-hydrogen) atoms. The van der Waals surface area contributed by atoms with Gasteiger partial charge in [0.25, 0.3) is 0 Å². The highest BCUT2D eigenvalue weighted by atomic mass is 16.5. The van der Waals surface area contributed by atoms with Gasteiger partial charge in [0.05, 0.1) is 19.8 Å².